The first kappa shape index (κ1) is 13.2. The number of likely N-dealkylation sites (tertiary alicyclic amines) is 1. The van der Waals surface area contributed by atoms with Crippen molar-refractivity contribution in [3.8, 4) is 0 Å². The maximum absolute atomic E-state index is 4.29. The molecule has 5 heteroatoms. The van der Waals surface area contributed by atoms with E-state index in [1.807, 2.05) is 24.4 Å². The van der Waals surface area contributed by atoms with Gasteiger partial charge in [-0.3, -0.25) is 9.30 Å². The van der Waals surface area contributed by atoms with Crippen molar-refractivity contribution in [3.63, 3.8) is 0 Å². The minimum atomic E-state index is 0.639. The number of rotatable bonds is 5. The number of hydrogen-bond donors (Lipinski definition) is 1. The zero-order valence-electron chi connectivity index (χ0n) is 12.6. The summed E-state index contributed by atoms with van der Waals surface area (Å²) in [6.45, 7) is 4.56. The summed E-state index contributed by atoms with van der Waals surface area (Å²) in [5, 5.41) is 12.2. The van der Waals surface area contributed by atoms with Gasteiger partial charge in [0.05, 0.1) is 0 Å². The minimum Gasteiger partial charge on any atom is -0.312 e. The van der Waals surface area contributed by atoms with Crippen LogP contribution < -0.4 is 5.32 Å². The molecule has 0 bridgehead atoms. The first-order chi connectivity index (χ1) is 10.3. The van der Waals surface area contributed by atoms with E-state index in [4.69, 9.17) is 0 Å². The van der Waals surface area contributed by atoms with Crippen LogP contribution in [0.1, 0.15) is 32.0 Å². The summed E-state index contributed by atoms with van der Waals surface area (Å²) in [6.07, 6.45) is 7.05. The predicted molar refractivity (Wildman–Crippen MR) is 82.3 cm³/mol. The molecule has 4 rings (SSSR count). The van der Waals surface area contributed by atoms with Crippen LogP contribution in [0.15, 0.2) is 24.4 Å². The molecule has 2 unspecified atom stereocenters. The molecule has 3 heterocycles. The molecule has 21 heavy (non-hydrogen) atoms. The number of pyridine rings is 1. The molecule has 2 aromatic heterocycles. The molecule has 112 valence electrons. The lowest BCUT2D eigenvalue weighted by molar-refractivity contribution is 0.255. The zero-order chi connectivity index (χ0) is 14.2. The Labute approximate surface area is 125 Å². The van der Waals surface area contributed by atoms with Crippen LogP contribution in [0.5, 0.6) is 0 Å². The number of nitrogens with zero attached hydrogens (tertiary/aromatic N) is 4. The number of nitrogens with one attached hydrogen (secondary N) is 1. The third kappa shape index (κ3) is 2.68. The van der Waals surface area contributed by atoms with Gasteiger partial charge in [-0.15, -0.1) is 10.2 Å². The van der Waals surface area contributed by atoms with Gasteiger partial charge in [0.2, 0.25) is 0 Å². The van der Waals surface area contributed by atoms with Crippen molar-refractivity contribution in [1.29, 1.82) is 0 Å². The number of fused-ring (bicyclic) bond motifs is 1. The first-order valence-corrected chi connectivity index (χ1v) is 8.09. The third-order valence-electron chi connectivity index (χ3n) is 4.80. The van der Waals surface area contributed by atoms with Crippen molar-refractivity contribution in [2.24, 2.45) is 0 Å². The summed E-state index contributed by atoms with van der Waals surface area (Å²) < 4.78 is 2.08. The standard InChI is InChI=1S/C16H23N5/c1-12-10-13(11-21(12)14-5-6-14)17-8-7-16-19-18-15-4-2-3-9-20(15)16/h2-4,9,12-14,17H,5-8,10-11H2,1H3. The van der Waals surface area contributed by atoms with Gasteiger partial charge in [0.25, 0.3) is 0 Å². The van der Waals surface area contributed by atoms with Crippen LogP contribution in [0.2, 0.25) is 0 Å². The highest BCUT2D eigenvalue weighted by Gasteiger charge is 2.38. The van der Waals surface area contributed by atoms with Crippen LogP contribution in [-0.2, 0) is 6.42 Å². The van der Waals surface area contributed by atoms with Gasteiger partial charge in [0, 0.05) is 43.8 Å². The predicted octanol–water partition coefficient (Wildman–Crippen LogP) is 1.49. The van der Waals surface area contributed by atoms with Gasteiger partial charge >= 0.3 is 0 Å². The summed E-state index contributed by atoms with van der Waals surface area (Å²) in [7, 11) is 0. The fourth-order valence-corrected chi connectivity index (χ4v) is 3.57. The first-order valence-electron chi connectivity index (χ1n) is 8.09. The van der Waals surface area contributed by atoms with E-state index in [-0.39, 0.29) is 0 Å². The molecule has 1 aliphatic carbocycles. The Kier molecular flexibility index (Phi) is 3.39. The second kappa shape index (κ2) is 5.39. The molecule has 2 fully saturated rings. The quantitative estimate of drug-likeness (QED) is 0.904. The lowest BCUT2D eigenvalue weighted by Crippen LogP contribution is -2.35. The maximum atomic E-state index is 4.29. The van der Waals surface area contributed by atoms with Crippen molar-refractivity contribution < 1.29 is 0 Å². The number of aromatic nitrogens is 3. The molecule has 1 saturated carbocycles. The topological polar surface area (TPSA) is 45.5 Å². The molecular weight excluding hydrogens is 262 g/mol. The molecule has 5 nitrogen and oxygen atoms in total. The Morgan fingerprint density at radius 3 is 3.05 bits per heavy atom. The van der Waals surface area contributed by atoms with Gasteiger partial charge in [-0.05, 0) is 38.3 Å². The Balaban J connectivity index is 1.31. The van der Waals surface area contributed by atoms with Gasteiger partial charge in [0.1, 0.15) is 5.82 Å². The molecular formula is C16H23N5. The van der Waals surface area contributed by atoms with E-state index >= 15 is 0 Å². The van der Waals surface area contributed by atoms with Gasteiger partial charge in [0.15, 0.2) is 5.65 Å². The smallest absolute Gasteiger partial charge is 0.160 e. The summed E-state index contributed by atoms with van der Waals surface area (Å²) in [5.74, 6) is 1.04. The van der Waals surface area contributed by atoms with Crippen LogP contribution in [0.25, 0.3) is 5.65 Å². The van der Waals surface area contributed by atoms with Gasteiger partial charge in [-0.1, -0.05) is 6.07 Å². The van der Waals surface area contributed by atoms with Crippen molar-refractivity contribution >= 4 is 5.65 Å². The van der Waals surface area contributed by atoms with Crippen molar-refractivity contribution in [2.75, 3.05) is 13.1 Å². The largest absolute Gasteiger partial charge is 0.312 e. The van der Waals surface area contributed by atoms with E-state index in [1.54, 1.807) is 0 Å². The Hall–Kier alpha value is -1.46. The highest BCUT2D eigenvalue weighted by molar-refractivity contribution is 5.36. The molecule has 1 saturated heterocycles. The summed E-state index contributed by atoms with van der Waals surface area (Å²) in [5.41, 5.74) is 0.932. The lowest BCUT2D eigenvalue weighted by Gasteiger charge is -2.19. The molecule has 2 atom stereocenters. The summed E-state index contributed by atoms with van der Waals surface area (Å²) >= 11 is 0. The van der Waals surface area contributed by atoms with Crippen LogP contribution in [0.3, 0.4) is 0 Å². The van der Waals surface area contributed by atoms with Crippen molar-refractivity contribution in [3.05, 3.63) is 30.2 Å². The second-order valence-electron chi connectivity index (χ2n) is 6.46. The fourth-order valence-electron chi connectivity index (χ4n) is 3.57. The highest BCUT2D eigenvalue weighted by Crippen LogP contribution is 2.33. The van der Waals surface area contributed by atoms with Crippen molar-refractivity contribution in [1.82, 2.24) is 24.8 Å². The Morgan fingerprint density at radius 2 is 2.19 bits per heavy atom. The van der Waals surface area contributed by atoms with Crippen LogP contribution in [0.4, 0.5) is 0 Å². The van der Waals surface area contributed by atoms with E-state index in [2.05, 4.69) is 31.7 Å². The molecule has 2 aliphatic rings. The normalized spacial score (nSPS) is 26.7. The van der Waals surface area contributed by atoms with E-state index in [0.29, 0.717) is 6.04 Å². The highest BCUT2D eigenvalue weighted by atomic mass is 15.3. The van der Waals surface area contributed by atoms with Gasteiger partial charge in [-0.2, -0.15) is 0 Å². The molecule has 0 aromatic carbocycles. The van der Waals surface area contributed by atoms with E-state index in [1.165, 1.54) is 25.8 Å². The van der Waals surface area contributed by atoms with Crippen LogP contribution >= 0.6 is 0 Å². The Morgan fingerprint density at radius 1 is 1.29 bits per heavy atom. The molecule has 0 radical (unpaired) electrons. The minimum absolute atomic E-state index is 0.639. The molecule has 1 N–H and O–H groups in total. The van der Waals surface area contributed by atoms with Crippen molar-refractivity contribution in [2.45, 2.75) is 50.7 Å². The fraction of sp³-hybridized carbons (Fsp3) is 0.625. The zero-order valence-corrected chi connectivity index (χ0v) is 12.6. The maximum Gasteiger partial charge on any atom is 0.160 e. The second-order valence-corrected chi connectivity index (χ2v) is 6.46. The van der Waals surface area contributed by atoms with E-state index < -0.39 is 0 Å². The molecule has 0 spiro atoms. The monoisotopic (exact) mass is 285 g/mol. The molecule has 1 aliphatic heterocycles. The average Bonchev–Trinajstić information content (AvgIpc) is 3.16. The van der Waals surface area contributed by atoms with Gasteiger partial charge in [-0.25, -0.2) is 0 Å². The van der Waals surface area contributed by atoms with Crippen LogP contribution in [-0.4, -0.2) is 50.7 Å². The lowest BCUT2D eigenvalue weighted by atomic mass is 10.2. The summed E-state index contributed by atoms with van der Waals surface area (Å²) in [6, 6.07) is 8.28. The van der Waals surface area contributed by atoms with Gasteiger partial charge < -0.3 is 5.32 Å². The number of hydrogen-bond acceptors (Lipinski definition) is 4. The van der Waals surface area contributed by atoms with Crippen LogP contribution in [0, 0.1) is 0 Å². The third-order valence-corrected chi connectivity index (χ3v) is 4.80. The summed E-state index contributed by atoms with van der Waals surface area (Å²) in [4.78, 5) is 2.68. The SMILES string of the molecule is CC1CC(NCCc2nnc3ccccn23)CN1C1CC1. The average molecular weight is 285 g/mol. The molecule has 0 amide bonds. The van der Waals surface area contributed by atoms with E-state index in [0.717, 1.165) is 36.5 Å². The Bertz CT molecular complexity index is 618. The van der Waals surface area contributed by atoms with E-state index in [9.17, 15) is 0 Å². The molecule has 2 aromatic rings.